The average molecular weight is 304 g/mol. The number of likely N-dealkylation sites (N-methyl/N-ethyl adjacent to an activating group) is 1. The van der Waals surface area contributed by atoms with Crippen LogP contribution < -0.4 is 10.1 Å². The van der Waals surface area contributed by atoms with Crippen molar-refractivity contribution < 1.29 is 4.74 Å². The first-order chi connectivity index (χ1) is 10.2. The molecule has 2 aromatic rings. The van der Waals surface area contributed by atoms with E-state index in [0.29, 0.717) is 6.04 Å². The highest BCUT2D eigenvalue weighted by atomic mass is 35.5. The Balaban J connectivity index is 2.06. The molecule has 0 saturated heterocycles. The van der Waals surface area contributed by atoms with Crippen LogP contribution in [0.15, 0.2) is 48.5 Å². The molecule has 0 amide bonds. The van der Waals surface area contributed by atoms with Gasteiger partial charge in [-0.25, -0.2) is 0 Å². The van der Waals surface area contributed by atoms with Crippen molar-refractivity contribution in [2.75, 3.05) is 13.7 Å². The molecule has 2 rings (SSSR count). The zero-order valence-corrected chi connectivity index (χ0v) is 13.4. The minimum atomic E-state index is 0.378. The maximum absolute atomic E-state index is 6.27. The van der Waals surface area contributed by atoms with Crippen LogP contribution in [-0.2, 0) is 12.8 Å². The molecule has 0 aliphatic carbocycles. The van der Waals surface area contributed by atoms with Gasteiger partial charge in [-0.2, -0.15) is 0 Å². The first-order valence-corrected chi connectivity index (χ1v) is 7.70. The first-order valence-electron chi connectivity index (χ1n) is 7.32. The summed E-state index contributed by atoms with van der Waals surface area (Å²) in [4.78, 5) is 0. The summed E-state index contributed by atoms with van der Waals surface area (Å²) in [7, 11) is 1.69. The Kier molecular flexibility index (Phi) is 6.09. The van der Waals surface area contributed by atoms with Gasteiger partial charge in [-0.1, -0.05) is 48.9 Å². The van der Waals surface area contributed by atoms with E-state index in [1.807, 2.05) is 30.3 Å². The van der Waals surface area contributed by atoms with Crippen LogP contribution in [0.3, 0.4) is 0 Å². The van der Waals surface area contributed by atoms with Gasteiger partial charge in [-0.05, 0) is 48.7 Å². The van der Waals surface area contributed by atoms with E-state index >= 15 is 0 Å². The zero-order valence-electron chi connectivity index (χ0n) is 12.6. The van der Waals surface area contributed by atoms with Crippen molar-refractivity contribution in [1.29, 1.82) is 0 Å². The molecule has 0 spiro atoms. The summed E-state index contributed by atoms with van der Waals surface area (Å²) in [6.45, 7) is 3.08. The Hall–Kier alpha value is -1.51. The third-order valence-corrected chi connectivity index (χ3v) is 3.93. The molecular weight excluding hydrogens is 282 g/mol. The molecule has 1 unspecified atom stereocenters. The summed E-state index contributed by atoms with van der Waals surface area (Å²) in [5.74, 6) is 0.893. The Bertz CT molecular complexity index is 553. The second-order valence-electron chi connectivity index (χ2n) is 5.10. The van der Waals surface area contributed by atoms with Gasteiger partial charge in [0.25, 0.3) is 0 Å². The van der Waals surface area contributed by atoms with Crippen molar-refractivity contribution >= 4 is 11.6 Å². The van der Waals surface area contributed by atoms with Crippen LogP contribution in [0.25, 0.3) is 0 Å². The molecule has 0 aromatic heterocycles. The Labute approximate surface area is 132 Å². The lowest BCUT2D eigenvalue weighted by Crippen LogP contribution is -2.33. The topological polar surface area (TPSA) is 21.3 Å². The SMILES string of the molecule is CCNC(Cc1ccc(OC)cc1)Cc1ccccc1Cl. The van der Waals surface area contributed by atoms with Gasteiger partial charge in [-0.3, -0.25) is 0 Å². The Morgan fingerprint density at radius 1 is 1.05 bits per heavy atom. The van der Waals surface area contributed by atoms with Crippen LogP contribution in [0.1, 0.15) is 18.1 Å². The molecule has 21 heavy (non-hydrogen) atoms. The highest BCUT2D eigenvalue weighted by Crippen LogP contribution is 2.19. The maximum Gasteiger partial charge on any atom is 0.118 e. The van der Waals surface area contributed by atoms with E-state index in [1.54, 1.807) is 7.11 Å². The number of benzene rings is 2. The predicted molar refractivity (Wildman–Crippen MR) is 89.3 cm³/mol. The lowest BCUT2D eigenvalue weighted by molar-refractivity contribution is 0.414. The van der Waals surface area contributed by atoms with Crippen LogP contribution >= 0.6 is 11.6 Å². The summed E-state index contributed by atoms with van der Waals surface area (Å²) in [5.41, 5.74) is 2.49. The summed E-state index contributed by atoms with van der Waals surface area (Å²) in [6.07, 6.45) is 1.91. The molecule has 0 radical (unpaired) electrons. The molecule has 0 heterocycles. The number of halogens is 1. The number of ether oxygens (including phenoxy) is 1. The zero-order chi connectivity index (χ0) is 15.1. The minimum Gasteiger partial charge on any atom is -0.497 e. The Morgan fingerprint density at radius 3 is 2.38 bits per heavy atom. The van der Waals surface area contributed by atoms with Gasteiger partial charge in [0, 0.05) is 11.1 Å². The average Bonchev–Trinajstić information content (AvgIpc) is 2.50. The largest absolute Gasteiger partial charge is 0.497 e. The highest BCUT2D eigenvalue weighted by Gasteiger charge is 2.11. The van der Waals surface area contributed by atoms with Gasteiger partial charge >= 0.3 is 0 Å². The summed E-state index contributed by atoms with van der Waals surface area (Å²) in [5, 5.41) is 4.39. The number of methoxy groups -OCH3 is 1. The van der Waals surface area contributed by atoms with Gasteiger partial charge in [0.2, 0.25) is 0 Å². The molecular formula is C18H22ClNO. The minimum absolute atomic E-state index is 0.378. The number of hydrogen-bond donors (Lipinski definition) is 1. The van der Waals surface area contributed by atoms with E-state index in [2.05, 4.69) is 30.4 Å². The Morgan fingerprint density at radius 2 is 1.76 bits per heavy atom. The van der Waals surface area contributed by atoms with Gasteiger partial charge < -0.3 is 10.1 Å². The summed E-state index contributed by atoms with van der Waals surface area (Å²) in [6, 6.07) is 16.7. The number of hydrogen-bond acceptors (Lipinski definition) is 2. The molecule has 0 aliphatic heterocycles. The van der Waals surface area contributed by atoms with E-state index in [1.165, 1.54) is 11.1 Å². The first kappa shape index (κ1) is 15.9. The fraction of sp³-hybridized carbons (Fsp3) is 0.333. The van der Waals surface area contributed by atoms with Crippen LogP contribution in [-0.4, -0.2) is 19.7 Å². The van der Waals surface area contributed by atoms with E-state index in [4.69, 9.17) is 16.3 Å². The molecule has 3 heteroatoms. The lowest BCUT2D eigenvalue weighted by atomic mass is 9.99. The van der Waals surface area contributed by atoms with Crippen molar-refractivity contribution in [1.82, 2.24) is 5.32 Å². The maximum atomic E-state index is 6.27. The van der Waals surface area contributed by atoms with Gasteiger partial charge in [0.15, 0.2) is 0 Å². The second kappa shape index (κ2) is 8.06. The molecule has 1 atom stereocenters. The summed E-state index contributed by atoms with van der Waals surface area (Å²) >= 11 is 6.27. The third kappa shape index (κ3) is 4.76. The standard InChI is InChI=1S/C18H22ClNO/c1-3-20-16(13-15-6-4-5-7-18(15)19)12-14-8-10-17(21-2)11-9-14/h4-11,16,20H,3,12-13H2,1-2H3. The van der Waals surface area contributed by atoms with Crippen LogP contribution in [0.2, 0.25) is 5.02 Å². The van der Waals surface area contributed by atoms with E-state index < -0.39 is 0 Å². The smallest absolute Gasteiger partial charge is 0.118 e. The van der Waals surface area contributed by atoms with Gasteiger partial charge in [-0.15, -0.1) is 0 Å². The van der Waals surface area contributed by atoms with Crippen LogP contribution in [0, 0.1) is 0 Å². The van der Waals surface area contributed by atoms with Crippen molar-refractivity contribution in [2.24, 2.45) is 0 Å². The monoisotopic (exact) mass is 303 g/mol. The molecule has 0 bridgehead atoms. The van der Waals surface area contributed by atoms with E-state index in [9.17, 15) is 0 Å². The molecule has 1 N–H and O–H groups in total. The molecule has 2 nitrogen and oxygen atoms in total. The normalized spacial score (nSPS) is 12.1. The number of rotatable bonds is 7. The molecule has 0 saturated carbocycles. The predicted octanol–water partition coefficient (Wildman–Crippen LogP) is 4.11. The number of nitrogens with one attached hydrogen (secondary N) is 1. The molecule has 2 aromatic carbocycles. The fourth-order valence-corrected chi connectivity index (χ4v) is 2.69. The van der Waals surface area contributed by atoms with Gasteiger partial charge in [0.05, 0.1) is 7.11 Å². The van der Waals surface area contributed by atoms with Crippen molar-refractivity contribution in [3.8, 4) is 5.75 Å². The molecule has 0 aliphatic rings. The lowest BCUT2D eigenvalue weighted by Gasteiger charge is -2.19. The highest BCUT2D eigenvalue weighted by molar-refractivity contribution is 6.31. The van der Waals surface area contributed by atoms with E-state index in [0.717, 1.165) is 30.2 Å². The van der Waals surface area contributed by atoms with Crippen LogP contribution in [0.4, 0.5) is 0 Å². The molecule has 112 valence electrons. The van der Waals surface area contributed by atoms with Gasteiger partial charge in [0.1, 0.15) is 5.75 Å². The van der Waals surface area contributed by atoms with E-state index in [-0.39, 0.29) is 0 Å². The quantitative estimate of drug-likeness (QED) is 0.831. The van der Waals surface area contributed by atoms with Crippen molar-refractivity contribution in [3.63, 3.8) is 0 Å². The van der Waals surface area contributed by atoms with Crippen molar-refractivity contribution in [2.45, 2.75) is 25.8 Å². The van der Waals surface area contributed by atoms with Crippen molar-refractivity contribution in [3.05, 3.63) is 64.7 Å². The van der Waals surface area contributed by atoms with Crippen LogP contribution in [0.5, 0.6) is 5.75 Å². The fourth-order valence-electron chi connectivity index (χ4n) is 2.48. The second-order valence-corrected chi connectivity index (χ2v) is 5.51. The summed E-state index contributed by atoms with van der Waals surface area (Å²) < 4.78 is 5.20. The third-order valence-electron chi connectivity index (χ3n) is 3.56. The molecule has 0 fully saturated rings.